The van der Waals surface area contributed by atoms with Crippen molar-refractivity contribution in [2.75, 3.05) is 26.2 Å². The minimum absolute atomic E-state index is 0.0595. The van der Waals surface area contributed by atoms with E-state index in [0.717, 1.165) is 6.07 Å². The van der Waals surface area contributed by atoms with E-state index in [1.807, 2.05) is 6.07 Å². The maximum Gasteiger partial charge on any atom is 0.433 e. The van der Waals surface area contributed by atoms with Crippen LogP contribution in [0.15, 0.2) is 66.7 Å². The molecule has 0 N–H and O–H groups in total. The Bertz CT molecular complexity index is 1430. The fourth-order valence-corrected chi connectivity index (χ4v) is 4.35. The molecule has 0 saturated carbocycles. The summed E-state index contributed by atoms with van der Waals surface area (Å²) < 4.78 is 42.3. The van der Waals surface area contributed by atoms with E-state index < -0.39 is 17.8 Å². The Hall–Kier alpha value is -3.92. The van der Waals surface area contributed by atoms with Gasteiger partial charge in [0.25, 0.3) is 11.8 Å². The van der Waals surface area contributed by atoms with Gasteiger partial charge in [0.15, 0.2) is 17.0 Å². The number of rotatable bonds is 3. The Morgan fingerprint density at radius 3 is 1.97 bits per heavy atom. The van der Waals surface area contributed by atoms with E-state index in [-0.39, 0.29) is 54.1 Å². The summed E-state index contributed by atoms with van der Waals surface area (Å²) in [6.45, 7) is 0.927. The molecule has 0 radical (unpaired) electrons. The summed E-state index contributed by atoms with van der Waals surface area (Å²) in [5.41, 5.74) is -0.598. The molecule has 11 heteroatoms. The number of alkyl halides is 3. The van der Waals surface area contributed by atoms with Gasteiger partial charge in [-0.1, -0.05) is 60.1 Å². The second-order valence-electron chi connectivity index (χ2n) is 8.24. The van der Waals surface area contributed by atoms with Gasteiger partial charge < -0.3 is 9.80 Å². The minimum Gasteiger partial charge on any atom is -0.335 e. The third-order valence-electron chi connectivity index (χ3n) is 5.97. The van der Waals surface area contributed by atoms with Gasteiger partial charge in [-0.25, -0.2) is 9.50 Å². The van der Waals surface area contributed by atoms with Crippen LogP contribution < -0.4 is 0 Å². The fourth-order valence-electron chi connectivity index (χ4n) is 4.11. The summed E-state index contributed by atoms with van der Waals surface area (Å²) >= 11 is 6.39. The Kier molecular flexibility index (Phi) is 6.13. The Labute approximate surface area is 208 Å². The Morgan fingerprint density at radius 1 is 0.833 bits per heavy atom. The number of halogens is 4. The quantitative estimate of drug-likeness (QED) is 0.399. The average molecular weight is 514 g/mol. The van der Waals surface area contributed by atoms with Crippen LogP contribution in [0, 0.1) is 0 Å². The topological polar surface area (TPSA) is 70.8 Å². The highest BCUT2D eigenvalue weighted by Crippen LogP contribution is 2.34. The van der Waals surface area contributed by atoms with Gasteiger partial charge in [0.1, 0.15) is 5.02 Å². The average Bonchev–Trinajstić information content (AvgIpc) is 3.24. The number of amides is 2. The Morgan fingerprint density at radius 2 is 1.39 bits per heavy atom. The van der Waals surface area contributed by atoms with Crippen LogP contribution in [-0.4, -0.2) is 62.4 Å². The van der Waals surface area contributed by atoms with Gasteiger partial charge in [-0.05, 0) is 18.2 Å². The molecule has 184 valence electrons. The number of benzene rings is 2. The zero-order chi connectivity index (χ0) is 25.4. The molecule has 1 saturated heterocycles. The number of fused-ring (bicyclic) bond motifs is 1. The first-order valence-electron chi connectivity index (χ1n) is 11.1. The second-order valence-corrected chi connectivity index (χ2v) is 8.62. The summed E-state index contributed by atoms with van der Waals surface area (Å²) in [5.74, 6) is -0.771. The van der Waals surface area contributed by atoms with Crippen molar-refractivity contribution >= 4 is 29.1 Å². The van der Waals surface area contributed by atoms with Crippen molar-refractivity contribution in [3.8, 4) is 11.3 Å². The van der Waals surface area contributed by atoms with Crippen LogP contribution in [0.25, 0.3) is 16.9 Å². The normalized spacial score (nSPS) is 14.3. The van der Waals surface area contributed by atoms with Crippen LogP contribution in [0.5, 0.6) is 0 Å². The third-order valence-corrected chi connectivity index (χ3v) is 6.32. The fraction of sp³-hybridized carbons (Fsp3) is 0.200. The molecule has 4 aromatic rings. The molecule has 7 nitrogen and oxygen atoms in total. The molecule has 0 bridgehead atoms. The molecule has 3 heterocycles. The molecule has 2 amide bonds. The highest BCUT2D eigenvalue weighted by molar-refractivity contribution is 6.36. The number of piperazine rings is 1. The number of nitrogens with zero attached hydrogens (tertiary/aromatic N) is 5. The minimum atomic E-state index is -4.76. The van der Waals surface area contributed by atoms with E-state index in [1.54, 1.807) is 59.5 Å². The molecule has 0 spiro atoms. The molecule has 2 aromatic heterocycles. The largest absolute Gasteiger partial charge is 0.433 e. The number of hydrogen-bond acceptors (Lipinski definition) is 4. The molecular formula is C25H19ClF3N5O2. The van der Waals surface area contributed by atoms with Crippen molar-refractivity contribution in [1.29, 1.82) is 0 Å². The number of carbonyl (C=O) groups is 2. The molecule has 1 aliphatic heterocycles. The summed E-state index contributed by atoms with van der Waals surface area (Å²) in [4.78, 5) is 33.2. The summed E-state index contributed by atoms with van der Waals surface area (Å²) in [5, 5.41) is 3.66. The van der Waals surface area contributed by atoms with Crippen LogP contribution in [0.2, 0.25) is 5.02 Å². The second kappa shape index (κ2) is 9.27. The van der Waals surface area contributed by atoms with E-state index in [0.29, 0.717) is 15.6 Å². The summed E-state index contributed by atoms with van der Waals surface area (Å²) in [7, 11) is 0. The molecule has 0 aliphatic carbocycles. The van der Waals surface area contributed by atoms with E-state index >= 15 is 0 Å². The van der Waals surface area contributed by atoms with Crippen molar-refractivity contribution in [2.45, 2.75) is 6.18 Å². The lowest BCUT2D eigenvalue weighted by Crippen LogP contribution is -2.50. The van der Waals surface area contributed by atoms with Gasteiger partial charge in [0.2, 0.25) is 0 Å². The standard InChI is InChI=1S/C25H19ClF3N5O2/c26-20-21(24(36)33-13-11-32(12-14-33)23(35)17-9-5-2-6-10-17)31-34-19(25(27,28)29)15-18(30-22(20)34)16-7-3-1-4-8-16/h1-10,15H,11-14H2. The lowest BCUT2D eigenvalue weighted by Gasteiger charge is -2.34. The molecule has 0 unspecified atom stereocenters. The van der Waals surface area contributed by atoms with Crippen molar-refractivity contribution in [2.24, 2.45) is 0 Å². The lowest BCUT2D eigenvalue weighted by atomic mass is 10.1. The molecular weight excluding hydrogens is 495 g/mol. The van der Waals surface area contributed by atoms with Crippen molar-refractivity contribution in [3.05, 3.63) is 88.7 Å². The van der Waals surface area contributed by atoms with Crippen molar-refractivity contribution in [1.82, 2.24) is 24.4 Å². The number of hydrogen-bond donors (Lipinski definition) is 0. The predicted octanol–water partition coefficient (Wildman–Crippen LogP) is 4.67. The van der Waals surface area contributed by atoms with E-state index in [1.165, 1.54) is 4.90 Å². The highest BCUT2D eigenvalue weighted by atomic mass is 35.5. The number of aromatic nitrogens is 3. The van der Waals surface area contributed by atoms with Crippen LogP contribution in [0.1, 0.15) is 26.5 Å². The molecule has 5 rings (SSSR count). The van der Waals surface area contributed by atoms with Crippen LogP contribution in [-0.2, 0) is 6.18 Å². The summed E-state index contributed by atoms with van der Waals surface area (Å²) in [6.07, 6.45) is -4.76. The maximum atomic E-state index is 13.9. The maximum absolute atomic E-state index is 13.9. The highest BCUT2D eigenvalue weighted by Gasteiger charge is 2.37. The molecule has 1 aliphatic rings. The molecule has 36 heavy (non-hydrogen) atoms. The van der Waals surface area contributed by atoms with Crippen molar-refractivity contribution < 1.29 is 22.8 Å². The van der Waals surface area contributed by atoms with Gasteiger partial charge in [-0.15, -0.1) is 0 Å². The van der Waals surface area contributed by atoms with Gasteiger partial charge in [0, 0.05) is 37.3 Å². The van der Waals surface area contributed by atoms with E-state index in [4.69, 9.17) is 11.6 Å². The van der Waals surface area contributed by atoms with Gasteiger partial charge >= 0.3 is 6.18 Å². The zero-order valence-electron chi connectivity index (χ0n) is 18.7. The SMILES string of the molecule is O=C(c1ccccc1)N1CCN(C(=O)c2nn3c(C(F)(F)F)cc(-c4ccccc4)nc3c2Cl)CC1. The van der Waals surface area contributed by atoms with Crippen LogP contribution >= 0.6 is 11.6 Å². The Balaban J connectivity index is 1.44. The monoisotopic (exact) mass is 513 g/mol. The predicted molar refractivity (Wildman–Crippen MR) is 127 cm³/mol. The van der Waals surface area contributed by atoms with E-state index in [9.17, 15) is 22.8 Å². The third kappa shape index (κ3) is 4.39. The molecule has 2 aromatic carbocycles. The van der Waals surface area contributed by atoms with Gasteiger partial charge in [0.05, 0.1) is 5.69 Å². The summed E-state index contributed by atoms with van der Waals surface area (Å²) in [6, 6.07) is 18.0. The lowest BCUT2D eigenvalue weighted by molar-refractivity contribution is -0.142. The van der Waals surface area contributed by atoms with E-state index in [2.05, 4.69) is 10.1 Å². The first-order valence-corrected chi connectivity index (χ1v) is 11.5. The van der Waals surface area contributed by atoms with Gasteiger partial charge in [-0.3, -0.25) is 9.59 Å². The zero-order valence-corrected chi connectivity index (χ0v) is 19.5. The van der Waals surface area contributed by atoms with Crippen LogP contribution in [0.3, 0.4) is 0 Å². The van der Waals surface area contributed by atoms with Gasteiger partial charge in [-0.2, -0.15) is 18.3 Å². The van der Waals surface area contributed by atoms with Crippen molar-refractivity contribution in [3.63, 3.8) is 0 Å². The number of carbonyl (C=O) groups excluding carboxylic acids is 2. The first kappa shape index (κ1) is 23.8. The molecule has 0 atom stereocenters. The first-order chi connectivity index (χ1) is 17.2. The van der Waals surface area contributed by atoms with Crippen LogP contribution in [0.4, 0.5) is 13.2 Å². The molecule has 1 fully saturated rings. The smallest absolute Gasteiger partial charge is 0.335 e.